The van der Waals surface area contributed by atoms with Crippen molar-refractivity contribution >= 4 is 0 Å². The summed E-state index contributed by atoms with van der Waals surface area (Å²) >= 11 is 0. The van der Waals surface area contributed by atoms with Gasteiger partial charge in [0.1, 0.15) is 0 Å². The molecule has 1 aliphatic rings. The zero-order valence-corrected chi connectivity index (χ0v) is 13.2. The molecule has 114 valence electrons. The Morgan fingerprint density at radius 1 is 0.955 bits per heavy atom. The highest BCUT2D eigenvalue weighted by atomic mass is 14.3. The third kappa shape index (κ3) is 5.38. The molecular formula is C20H24N2. The molecule has 0 bridgehead atoms. The molecule has 0 N–H and O–H groups in total. The maximum atomic E-state index is 8.81. The lowest BCUT2D eigenvalue weighted by atomic mass is 9.78. The molecule has 0 heterocycles. The van der Waals surface area contributed by atoms with E-state index in [1.165, 1.54) is 44.1 Å². The van der Waals surface area contributed by atoms with Crippen LogP contribution in [0.4, 0.5) is 0 Å². The van der Waals surface area contributed by atoms with Crippen LogP contribution in [0.1, 0.15) is 56.1 Å². The van der Waals surface area contributed by atoms with Crippen LogP contribution >= 0.6 is 0 Å². The van der Waals surface area contributed by atoms with Gasteiger partial charge in [0.2, 0.25) is 0 Å². The standard InChI is InChI=1S/C20H24N2/c21-15-3-1-2-4-17-5-7-18(8-6-17)9-10-19-11-13-20(16-22)14-12-19/h1,3,11-14,17-18H,2,4-10H2/b3-1+/t17-,18-. The average Bonchev–Trinajstić information content (AvgIpc) is 2.58. The Balaban J connectivity index is 1.66. The van der Waals surface area contributed by atoms with E-state index >= 15 is 0 Å². The van der Waals surface area contributed by atoms with Crippen molar-refractivity contribution in [1.29, 1.82) is 10.5 Å². The van der Waals surface area contributed by atoms with E-state index in [1.54, 1.807) is 6.08 Å². The Bertz CT molecular complexity index is 549. The summed E-state index contributed by atoms with van der Waals surface area (Å²) in [6.45, 7) is 0. The zero-order chi connectivity index (χ0) is 15.6. The van der Waals surface area contributed by atoms with Gasteiger partial charge in [-0.2, -0.15) is 10.5 Å². The molecule has 2 rings (SSSR count). The van der Waals surface area contributed by atoms with Crippen LogP contribution in [0.3, 0.4) is 0 Å². The van der Waals surface area contributed by atoms with Crippen LogP contribution in [0.25, 0.3) is 0 Å². The van der Waals surface area contributed by atoms with Crippen molar-refractivity contribution < 1.29 is 0 Å². The highest BCUT2D eigenvalue weighted by Gasteiger charge is 2.20. The number of benzene rings is 1. The molecule has 1 aromatic rings. The second kappa shape index (κ2) is 9.06. The third-order valence-corrected chi connectivity index (χ3v) is 4.82. The Morgan fingerprint density at radius 3 is 2.18 bits per heavy atom. The lowest BCUT2D eigenvalue weighted by Crippen LogP contribution is -2.15. The minimum atomic E-state index is 0.745. The van der Waals surface area contributed by atoms with E-state index in [4.69, 9.17) is 10.5 Å². The van der Waals surface area contributed by atoms with E-state index in [1.807, 2.05) is 18.2 Å². The van der Waals surface area contributed by atoms with Gasteiger partial charge in [0.05, 0.1) is 17.7 Å². The molecule has 0 amide bonds. The van der Waals surface area contributed by atoms with Gasteiger partial charge in [-0.25, -0.2) is 0 Å². The van der Waals surface area contributed by atoms with Crippen molar-refractivity contribution in [2.75, 3.05) is 0 Å². The molecule has 2 nitrogen and oxygen atoms in total. The number of hydrogen-bond acceptors (Lipinski definition) is 2. The van der Waals surface area contributed by atoms with Crippen molar-refractivity contribution in [2.24, 2.45) is 11.8 Å². The highest BCUT2D eigenvalue weighted by molar-refractivity contribution is 5.31. The average molecular weight is 292 g/mol. The molecule has 22 heavy (non-hydrogen) atoms. The van der Waals surface area contributed by atoms with E-state index in [0.717, 1.165) is 30.2 Å². The van der Waals surface area contributed by atoms with Gasteiger partial charge in [0, 0.05) is 6.08 Å². The molecule has 0 spiro atoms. The van der Waals surface area contributed by atoms with Gasteiger partial charge in [-0.3, -0.25) is 0 Å². The lowest BCUT2D eigenvalue weighted by Gasteiger charge is -2.28. The predicted molar refractivity (Wildman–Crippen MR) is 88.9 cm³/mol. The first kappa shape index (κ1) is 16.3. The zero-order valence-electron chi connectivity index (χ0n) is 13.2. The van der Waals surface area contributed by atoms with Gasteiger partial charge < -0.3 is 0 Å². The van der Waals surface area contributed by atoms with Crippen LogP contribution in [-0.4, -0.2) is 0 Å². The fourth-order valence-corrected chi connectivity index (χ4v) is 3.39. The molecule has 1 fully saturated rings. The first-order valence-electron chi connectivity index (χ1n) is 8.35. The van der Waals surface area contributed by atoms with E-state index < -0.39 is 0 Å². The number of hydrogen-bond donors (Lipinski definition) is 0. The smallest absolute Gasteiger partial charge is 0.0991 e. The summed E-state index contributed by atoms with van der Waals surface area (Å²) in [6.07, 6.45) is 13.7. The summed E-state index contributed by atoms with van der Waals surface area (Å²) in [5.74, 6) is 1.72. The topological polar surface area (TPSA) is 47.6 Å². The van der Waals surface area contributed by atoms with Crippen molar-refractivity contribution in [1.82, 2.24) is 0 Å². The van der Waals surface area contributed by atoms with Crippen LogP contribution < -0.4 is 0 Å². The number of nitrogens with zero attached hydrogens (tertiary/aromatic N) is 2. The molecule has 0 radical (unpaired) electrons. The summed E-state index contributed by atoms with van der Waals surface area (Å²) in [4.78, 5) is 0. The van der Waals surface area contributed by atoms with E-state index in [-0.39, 0.29) is 0 Å². The summed E-state index contributed by atoms with van der Waals surface area (Å²) in [5, 5.41) is 17.3. The fourth-order valence-electron chi connectivity index (χ4n) is 3.39. The molecule has 1 aliphatic carbocycles. The van der Waals surface area contributed by atoms with Crippen LogP contribution in [0.2, 0.25) is 0 Å². The van der Waals surface area contributed by atoms with E-state index in [2.05, 4.69) is 24.3 Å². The molecule has 1 saturated carbocycles. The number of rotatable bonds is 6. The normalized spacial score (nSPS) is 21.4. The molecule has 1 aromatic carbocycles. The van der Waals surface area contributed by atoms with Gasteiger partial charge in [-0.15, -0.1) is 0 Å². The number of nitriles is 2. The largest absolute Gasteiger partial charge is 0.193 e. The molecule has 0 aliphatic heterocycles. The second-order valence-electron chi connectivity index (χ2n) is 6.34. The van der Waals surface area contributed by atoms with Crippen LogP contribution in [0, 0.1) is 34.5 Å². The molecule has 0 atom stereocenters. The predicted octanol–water partition coefficient (Wildman–Crippen LogP) is 5.16. The monoisotopic (exact) mass is 292 g/mol. The maximum Gasteiger partial charge on any atom is 0.0991 e. The van der Waals surface area contributed by atoms with Gasteiger partial charge in [-0.05, 0) is 55.2 Å². The van der Waals surface area contributed by atoms with Crippen molar-refractivity contribution in [3.8, 4) is 12.1 Å². The van der Waals surface area contributed by atoms with Crippen LogP contribution in [0.15, 0.2) is 36.4 Å². The van der Waals surface area contributed by atoms with Gasteiger partial charge >= 0.3 is 0 Å². The van der Waals surface area contributed by atoms with Gasteiger partial charge in [0.25, 0.3) is 0 Å². The van der Waals surface area contributed by atoms with E-state index in [9.17, 15) is 0 Å². The van der Waals surface area contributed by atoms with Crippen LogP contribution in [0.5, 0.6) is 0 Å². The molecular weight excluding hydrogens is 268 g/mol. The minimum absolute atomic E-state index is 0.745. The first-order chi connectivity index (χ1) is 10.8. The Morgan fingerprint density at radius 2 is 1.59 bits per heavy atom. The van der Waals surface area contributed by atoms with E-state index in [0.29, 0.717) is 0 Å². The Hall–Kier alpha value is -2.06. The quantitative estimate of drug-likeness (QED) is 0.680. The summed E-state index contributed by atoms with van der Waals surface area (Å²) in [5.41, 5.74) is 2.09. The summed E-state index contributed by atoms with van der Waals surface area (Å²) in [7, 11) is 0. The summed E-state index contributed by atoms with van der Waals surface area (Å²) in [6, 6.07) is 12.2. The lowest BCUT2D eigenvalue weighted by molar-refractivity contribution is 0.254. The summed E-state index contributed by atoms with van der Waals surface area (Å²) < 4.78 is 0. The number of aryl methyl sites for hydroxylation is 1. The SMILES string of the molecule is N#C/C=C/CC[C@H]1CC[C@H](CCc2ccc(C#N)cc2)CC1. The number of allylic oxidation sites excluding steroid dienone is 2. The van der Waals surface area contributed by atoms with Crippen LogP contribution in [-0.2, 0) is 6.42 Å². The second-order valence-corrected chi connectivity index (χ2v) is 6.34. The Kier molecular flexibility index (Phi) is 6.72. The maximum absolute atomic E-state index is 8.81. The fraction of sp³-hybridized carbons (Fsp3) is 0.500. The third-order valence-electron chi connectivity index (χ3n) is 4.82. The first-order valence-corrected chi connectivity index (χ1v) is 8.35. The minimum Gasteiger partial charge on any atom is -0.193 e. The molecule has 0 aromatic heterocycles. The van der Waals surface area contributed by atoms with Gasteiger partial charge in [-0.1, -0.05) is 43.9 Å². The van der Waals surface area contributed by atoms with Crippen molar-refractivity contribution in [2.45, 2.75) is 51.4 Å². The Labute approximate surface area is 134 Å². The van der Waals surface area contributed by atoms with Crippen molar-refractivity contribution in [3.63, 3.8) is 0 Å². The molecule has 0 saturated heterocycles. The van der Waals surface area contributed by atoms with Crippen molar-refractivity contribution in [3.05, 3.63) is 47.5 Å². The molecule has 0 unspecified atom stereocenters. The molecule has 2 heteroatoms. The highest BCUT2D eigenvalue weighted by Crippen LogP contribution is 2.33. The van der Waals surface area contributed by atoms with Gasteiger partial charge in [0.15, 0.2) is 0 Å².